The van der Waals surface area contributed by atoms with Gasteiger partial charge in [-0.05, 0) is 141 Å². The summed E-state index contributed by atoms with van der Waals surface area (Å²) in [7, 11) is 0. The fourth-order valence-electron chi connectivity index (χ4n) is 8.56. The van der Waals surface area contributed by atoms with Gasteiger partial charge in [0.15, 0.2) is 23.8 Å². The van der Waals surface area contributed by atoms with Gasteiger partial charge in [-0.25, -0.2) is 4.79 Å². The number of aliphatic carboxylic acids is 1. The maximum atomic E-state index is 14.5. The SMILES string of the molecule is CC[C@H](C)[C@H](N)C(=O)N[C@@H](CCCCN)C(=O)N[C@@H](CCCN=C(N)N)C(=O)N[C@H](C(=O)N[C@@H](CCCCN)C(=O)N[C@@H](CCCN=C(N)N)C(=O)N[C@@H](CCCN=C(N)N)C(=O)N[C@@H](CCCCN)C(=O)N[C@@H](CCCN=C(N)N)C(=O)O)C(C)C. The largest absolute Gasteiger partial charge is 0.480 e. The molecule has 0 rings (SSSR count). The highest BCUT2D eigenvalue weighted by atomic mass is 16.4. The molecule has 0 heterocycles. The minimum atomic E-state index is -1.42. The summed E-state index contributed by atoms with van der Waals surface area (Å²) in [6, 6.07) is -11.5. The van der Waals surface area contributed by atoms with Gasteiger partial charge in [-0.15, -0.1) is 0 Å². The van der Waals surface area contributed by atoms with Gasteiger partial charge < -0.3 is 116 Å². The minimum absolute atomic E-state index is 0.000259. The number of carbonyl (C=O) groups excluding carboxylic acids is 8. The number of nitrogens with two attached hydrogens (primary N) is 12. The Bertz CT molecular complexity index is 2240. The van der Waals surface area contributed by atoms with E-state index in [-0.39, 0.29) is 140 Å². The van der Waals surface area contributed by atoms with Crippen molar-refractivity contribution in [2.75, 3.05) is 45.8 Å². The summed E-state index contributed by atoms with van der Waals surface area (Å²) in [5.74, 6) is -9.30. The molecule has 34 heteroatoms. The van der Waals surface area contributed by atoms with E-state index in [0.29, 0.717) is 51.5 Å². The van der Waals surface area contributed by atoms with Gasteiger partial charge in [0.1, 0.15) is 48.3 Å². The second-order valence-electron chi connectivity index (χ2n) is 21.6. The van der Waals surface area contributed by atoms with Crippen molar-refractivity contribution in [1.29, 1.82) is 0 Å². The molecule has 87 heavy (non-hydrogen) atoms. The zero-order chi connectivity index (χ0) is 66.0. The lowest BCUT2D eigenvalue weighted by molar-refractivity contribution is -0.142. The van der Waals surface area contributed by atoms with Gasteiger partial charge in [0, 0.05) is 26.2 Å². The number of rotatable bonds is 48. The molecule has 33 N–H and O–H groups in total. The average Bonchev–Trinajstić information content (AvgIpc) is 3.10. The Balaban J connectivity index is 7.21. The van der Waals surface area contributed by atoms with Crippen LogP contribution in [0.2, 0.25) is 0 Å². The minimum Gasteiger partial charge on any atom is -0.480 e. The number of hydrogen-bond acceptors (Lipinski definition) is 17. The van der Waals surface area contributed by atoms with E-state index in [1.165, 1.54) is 0 Å². The predicted molar refractivity (Wildman–Crippen MR) is 334 cm³/mol. The Morgan fingerprint density at radius 2 is 0.598 bits per heavy atom. The molecule has 34 nitrogen and oxygen atoms in total. The summed E-state index contributed by atoms with van der Waals surface area (Å²) in [6.07, 6.45) is 3.61. The van der Waals surface area contributed by atoms with Crippen molar-refractivity contribution in [3.05, 3.63) is 0 Å². The summed E-state index contributed by atoms with van der Waals surface area (Å²) in [5.41, 5.74) is 67.6. The number of nitrogens with zero attached hydrogens (tertiary/aromatic N) is 4. The third-order valence-corrected chi connectivity index (χ3v) is 13.8. The molecule has 8 amide bonds. The molecule has 0 aliphatic heterocycles. The maximum absolute atomic E-state index is 14.5. The van der Waals surface area contributed by atoms with Crippen molar-refractivity contribution in [3.8, 4) is 0 Å². The van der Waals surface area contributed by atoms with Crippen molar-refractivity contribution in [1.82, 2.24) is 42.5 Å². The molecule has 0 saturated heterocycles. The van der Waals surface area contributed by atoms with E-state index in [2.05, 4.69) is 62.5 Å². The van der Waals surface area contributed by atoms with Crippen LogP contribution in [0.5, 0.6) is 0 Å². The number of nitrogens with one attached hydrogen (secondary N) is 8. The Kier molecular flexibility index (Phi) is 41.4. The van der Waals surface area contributed by atoms with Gasteiger partial charge in [-0.2, -0.15) is 0 Å². The van der Waals surface area contributed by atoms with E-state index < -0.39 is 114 Å². The lowest BCUT2D eigenvalue weighted by atomic mass is 9.98. The molecule has 0 saturated carbocycles. The summed E-state index contributed by atoms with van der Waals surface area (Å²) >= 11 is 0. The van der Waals surface area contributed by atoms with Crippen molar-refractivity contribution in [2.24, 2.45) is 101 Å². The number of unbranched alkanes of at least 4 members (excludes halogenated alkanes) is 3. The van der Waals surface area contributed by atoms with Crippen LogP contribution in [0.25, 0.3) is 0 Å². The van der Waals surface area contributed by atoms with E-state index in [1.54, 1.807) is 20.8 Å². The summed E-state index contributed by atoms with van der Waals surface area (Å²) in [4.78, 5) is 141. The van der Waals surface area contributed by atoms with Gasteiger partial charge in [-0.1, -0.05) is 34.1 Å². The van der Waals surface area contributed by atoms with Crippen LogP contribution in [0, 0.1) is 11.8 Å². The van der Waals surface area contributed by atoms with E-state index in [9.17, 15) is 48.3 Å². The van der Waals surface area contributed by atoms with E-state index in [4.69, 9.17) is 68.8 Å². The zero-order valence-corrected chi connectivity index (χ0v) is 51.4. The number of aliphatic imine (C=N–C) groups is 4. The van der Waals surface area contributed by atoms with Gasteiger partial charge >= 0.3 is 5.97 Å². The Morgan fingerprint density at radius 3 is 0.851 bits per heavy atom. The van der Waals surface area contributed by atoms with Crippen LogP contribution in [0.1, 0.15) is 143 Å². The van der Waals surface area contributed by atoms with Crippen molar-refractivity contribution in [3.63, 3.8) is 0 Å². The highest BCUT2D eigenvalue weighted by Crippen LogP contribution is 2.13. The smallest absolute Gasteiger partial charge is 0.326 e. The molecule has 0 aromatic carbocycles. The third kappa shape index (κ3) is 35.4. The van der Waals surface area contributed by atoms with Crippen molar-refractivity contribution < 1.29 is 48.3 Å². The fourth-order valence-corrected chi connectivity index (χ4v) is 8.56. The summed E-state index contributed by atoms with van der Waals surface area (Å²) in [6.45, 7) is 7.96. The molecule has 0 aliphatic carbocycles. The summed E-state index contributed by atoms with van der Waals surface area (Å²) < 4.78 is 0. The first kappa shape index (κ1) is 79.1. The topological polar surface area (TPSA) is 632 Å². The molecule has 0 radical (unpaired) electrons. The quantitative estimate of drug-likeness (QED) is 0.0153. The molecule has 0 aliphatic rings. The lowest BCUT2D eigenvalue weighted by Crippen LogP contribution is -2.61. The molecule has 0 unspecified atom stereocenters. The number of carboxylic acid groups (broad SMARTS) is 1. The van der Waals surface area contributed by atoms with Gasteiger partial charge in [-0.3, -0.25) is 58.3 Å². The van der Waals surface area contributed by atoms with Crippen molar-refractivity contribution >= 4 is 77.1 Å². The molecular weight excluding hydrogens is 1130 g/mol. The number of carboxylic acids is 1. The Morgan fingerprint density at radius 1 is 0.356 bits per heavy atom. The number of guanidine groups is 4. The highest BCUT2D eigenvalue weighted by Gasteiger charge is 2.36. The summed E-state index contributed by atoms with van der Waals surface area (Å²) in [5, 5.41) is 31.4. The molecule has 0 aromatic heterocycles. The van der Waals surface area contributed by atoms with Crippen LogP contribution in [0.4, 0.5) is 0 Å². The van der Waals surface area contributed by atoms with Crippen LogP contribution in [-0.2, 0) is 43.2 Å². The van der Waals surface area contributed by atoms with Gasteiger partial charge in [0.2, 0.25) is 47.3 Å². The third-order valence-electron chi connectivity index (χ3n) is 13.8. The molecule has 10 atom stereocenters. The lowest BCUT2D eigenvalue weighted by Gasteiger charge is -2.29. The normalized spacial score (nSPS) is 14.4. The highest BCUT2D eigenvalue weighted by molar-refractivity contribution is 5.98. The molecular formula is C53H106N24O10. The van der Waals surface area contributed by atoms with E-state index in [1.807, 2.05) is 6.92 Å². The monoisotopic (exact) mass is 1240 g/mol. The van der Waals surface area contributed by atoms with Gasteiger partial charge in [0.25, 0.3) is 0 Å². The zero-order valence-electron chi connectivity index (χ0n) is 51.4. The van der Waals surface area contributed by atoms with E-state index in [0.717, 1.165) is 0 Å². The van der Waals surface area contributed by atoms with Crippen LogP contribution in [0.15, 0.2) is 20.0 Å². The molecule has 0 spiro atoms. The number of hydrogen-bond donors (Lipinski definition) is 21. The number of amides is 8. The standard InChI is InChI=1S/C53H106N24O10/c1-5-31(4)39(57)47(84)74-33(17-7-10-24-55)41(78)73-37(21-14-28-68-52(62)63)46(83)77-40(30(2)3)48(85)75-34(18-8-11-25-56)42(79)71-36(20-13-27-67-51(60)61)44(81)72-35(19-12-26-66-50(58)59)43(80)70-32(16-6-9-23-54)45(82)76-38(49(86)87)22-15-29-69-53(64)65/h30-40H,5-29,54-57H2,1-4H3,(H,70,80)(H,71,79)(H,72,81)(H,73,78)(H,74,84)(H,75,85)(H,76,82)(H,77,83)(H,86,87)(H4,58,59,66)(H4,60,61,67)(H4,62,63,68)(H4,64,65,69)/t31-,32-,33-,34-,35-,36-,37-,38-,39-,40-/m0/s1. The molecule has 0 bridgehead atoms. The molecule has 0 aromatic rings. The first-order valence-corrected chi connectivity index (χ1v) is 29.9. The molecule has 498 valence electrons. The fraction of sp³-hybridized carbons (Fsp3) is 0.755. The van der Waals surface area contributed by atoms with Crippen LogP contribution >= 0.6 is 0 Å². The number of carbonyl (C=O) groups is 9. The molecule has 0 fully saturated rings. The maximum Gasteiger partial charge on any atom is 0.326 e. The Labute approximate surface area is 510 Å². The van der Waals surface area contributed by atoms with Crippen LogP contribution in [-0.4, -0.2) is 182 Å². The second-order valence-corrected chi connectivity index (χ2v) is 21.6. The van der Waals surface area contributed by atoms with E-state index >= 15 is 0 Å². The first-order valence-electron chi connectivity index (χ1n) is 29.9. The predicted octanol–water partition coefficient (Wildman–Crippen LogP) is -6.42. The second kappa shape index (κ2) is 45.5. The average molecular weight is 1240 g/mol. The van der Waals surface area contributed by atoms with Crippen molar-refractivity contribution in [2.45, 2.75) is 198 Å². The Hall–Kier alpha value is -7.85. The van der Waals surface area contributed by atoms with Gasteiger partial charge in [0.05, 0.1) is 6.04 Å². The van der Waals surface area contributed by atoms with Crippen LogP contribution in [0.3, 0.4) is 0 Å². The van der Waals surface area contributed by atoms with Crippen LogP contribution < -0.4 is 111 Å². The first-order chi connectivity index (χ1) is 41.1.